The Balaban J connectivity index is 1.50. The number of likely N-dealkylation sites (N-methyl/N-ethyl adjacent to an activating group) is 1. The summed E-state index contributed by atoms with van der Waals surface area (Å²) in [6.07, 6.45) is 2.54. The Labute approximate surface area is 150 Å². The average Bonchev–Trinajstić information content (AvgIpc) is 3.12. The molecule has 1 heterocycles. The van der Waals surface area contributed by atoms with Gasteiger partial charge >= 0.3 is 0 Å². The highest BCUT2D eigenvalue weighted by Crippen LogP contribution is 2.21. The van der Waals surface area contributed by atoms with E-state index in [1.54, 1.807) is 0 Å². The van der Waals surface area contributed by atoms with Gasteiger partial charge in [-0.2, -0.15) is 0 Å². The van der Waals surface area contributed by atoms with E-state index in [4.69, 9.17) is 0 Å². The van der Waals surface area contributed by atoms with Gasteiger partial charge in [0.15, 0.2) is 6.54 Å². The minimum absolute atomic E-state index is 0.0556. The van der Waals surface area contributed by atoms with Gasteiger partial charge in [-0.1, -0.05) is 24.3 Å². The molecule has 1 atom stereocenters. The fourth-order valence-electron chi connectivity index (χ4n) is 3.41. The lowest BCUT2D eigenvalue weighted by atomic mass is 10.1. The van der Waals surface area contributed by atoms with Crippen LogP contribution in [0.2, 0.25) is 0 Å². The van der Waals surface area contributed by atoms with Gasteiger partial charge in [0.2, 0.25) is 0 Å². The quantitative estimate of drug-likeness (QED) is 0.848. The van der Waals surface area contributed by atoms with E-state index in [0.29, 0.717) is 6.54 Å². The van der Waals surface area contributed by atoms with Crippen LogP contribution in [0.5, 0.6) is 0 Å². The minimum atomic E-state index is 0.0556. The summed E-state index contributed by atoms with van der Waals surface area (Å²) in [4.78, 5) is 15.9. The molecule has 25 heavy (non-hydrogen) atoms. The number of amides is 1. The summed E-state index contributed by atoms with van der Waals surface area (Å²) in [6, 6.07) is 16.6. The lowest BCUT2D eigenvalue weighted by molar-refractivity contribution is -0.885. The SMILES string of the molecule is Cc1ccccc1C[NH+](C)CC(=O)Nc1ccc(N2CCCC2)cc1. The van der Waals surface area contributed by atoms with Crippen molar-refractivity contribution >= 4 is 17.3 Å². The molecule has 132 valence electrons. The van der Waals surface area contributed by atoms with E-state index in [-0.39, 0.29) is 5.91 Å². The molecule has 4 heteroatoms. The number of hydrogen-bond donors (Lipinski definition) is 2. The molecule has 1 unspecified atom stereocenters. The third kappa shape index (κ3) is 4.83. The molecule has 1 aliphatic heterocycles. The molecule has 1 saturated heterocycles. The summed E-state index contributed by atoms with van der Waals surface area (Å²) in [5.41, 5.74) is 4.69. The highest BCUT2D eigenvalue weighted by molar-refractivity contribution is 5.91. The van der Waals surface area contributed by atoms with Crippen LogP contribution >= 0.6 is 0 Å². The molecule has 0 bridgehead atoms. The van der Waals surface area contributed by atoms with E-state index in [2.05, 4.69) is 54.5 Å². The second-order valence-corrected chi connectivity index (χ2v) is 7.03. The van der Waals surface area contributed by atoms with Crippen molar-refractivity contribution < 1.29 is 9.69 Å². The molecule has 1 amide bonds. The van der Waals surface area contributed by atoms with Gasteiger partial charge in [0.05, 0.1) is 7.05 Å². The van der Waals surface area contributed by atoms with Crippen LogP contribution in [0, 0.1) is 6.92 Å². The largest absolute Gasteiger partial charge is 0.372 e. The van der Waals surface area contributed by atoms with Gasteiger partial charge in [-0.05, 0) is 49.6 Å². The minimum Gasteiger partial charge on any atom is -0.372 e. The lowest BCUT2D eigenvalue weighted by Gasteiger charge is -2.18. The fourth-order valence-corrected chi connectivity index (χ4v) is 3.41. The molecule has 2 aromatic carbocycles. The first kappa shape index (κ1) is 17.5. The summed E-state index contributed by atoms with van der Waals surface area (Å²) >= 11 is 0. The third-order valence-corrected chi connectivity index (χ3v) is 4.84. The number of nitrogens with one attached hydrogen (secondary N) is 2. The zero-order chi connectivity index (χ0) is 17.6. The molecular weight excluding hydrogens is 310 g/mol. The van der Waals surface area contributed by atoms with Crippen molar-refractivity contribution in [1.29, 1.82) is 0 Å². The second-order valence-electron chi connectivity index (χ2n) is 7.03. The highest BCUT2D eigenvalue weighted by atomic mass is 16.2. The Hall–Kier alpha value is -2.33. The normalized spacial score (nSPS) is 15.2. The van der Waals surface area contributed by atoms with E-state index in [9.17, 15) is 4.79 Å². The Morgan fingerprint density at radius 2 is 1.76 bits per heavy atom. The predicted octanol–water partition coefficient (Wildman–Crippen LogP) is 2.25. The monoisotopic (exact) mass is 338 g/mol. The van der Waals surface area contributed by atoms with Crippen LogP contribution in [0.4, 0.5) is 11.4 Å². The average molecular weight is 338 g/mol. The highest BCUT2D eigenvalue weighted by Gasteiger charge is 2.14. The van der Waals surface area contributed by atoms with Crippen molar-refractivity contribution in [2.24, 2.45) is 0 Å². The van der Waals surface area contributed by atoms with Gasteiger partial charge in [0.1, 0.15) is 6.54 Å². The van der Waals surface area contributed by atoms with Crippen LogP contribution in [0.15, 0.2) is 48.5 Å². The van der Waals surface area contributed by atoms with Crippen LogP contribution in [-0.4, -0.2) is 32.6 Å². The van der Waals surface area contributed by atoms with Gasteiger partial charge in [-0.3, -0.25) is 4.79 Å². The van der Waals surface area contributed by atoms with Crippen LogP contribution < -0.4 is 15.1 Å². The van der Waals surface area contributed by atoms with Crippen LogP contribution in [-0.2, 0) is 11.3 Å². The molecule has 0 aromatic heterocycles. The first-order valence-electron chi connectivity index (χ1n) is 9.12. The summed E-state index contributed by atoms with van der Waals surface area (Å²) in [5.74, 6) is 0.0556. The topological polar surface area (TPSA) is 36.8 Å². The third-order valence-electron chi connectivity index (χ3n) is 4.84. The van der Waals surface area contributed by atoms with Crippen LogP contribution in [0.1, 0.15) is 24.0 Å². The predicted molar refractivity (Wildman–Crippen MR) is 103 cm³/mol. The number of nitrogens with zero attached hydrogens (tertiary/aromatic N) is 1. The summed E-state index contributed by atoms with van der Waals surface area (Å²) in [7, 11) is 2.06. The molecular formula is C21H28N3O+. The Morgan fingerprint density at radius 3 is 2.44 bits per heavy atom. The van der Waals surface area contributed by atoms with Crippen molar-refractivity contribution in [1.82, 2.24) is 0 Å². The molecule has 0 aliphatic carbocycles. The van der Waals surface area contributed by atoms with Crippen LogP contribution in [0.3, 0.4) is 0 Å². The summed E-state index contributed by atoms with van der Waals surface area (Å²) < 4.78 is 0. The number of carbonyl (C=O) groups is 1. The lowest BCUT2D eigenvalue weighted by Crippen LogP contribution is -3.08. The van der Waals surface area contributed by atoms with E-state index >= 15 is 0 Å². The molecule has 4 nitrogen and oxygen atoms in total. The molecule has 2 aromatic rings. The molecule has 0 saturated carbocycles. The van der Waals surface area contributed by atoms with Crippen molar-refractivity contribution in [3.8, 4) is 0 Å². The molecule has 3 rings (SSSR count). The fraction of sp³-hybridized carbons (Fsp3) is 0.381. The van der Waals surface area contributed by atoms with Crippen molar-refractivity contribution in [3.05, 3.63) is 59.7 Å². The maximum Gasteiger partial charge on any atom is 0.279 e. The summed E-state index contributed by atoms with van der Waals surface area (Å²) in [6.45, 7) is 5.71. The molecule has 1 aliphatic rings. The van der Waals surface area contributed by atoms with Gasteiger partial charge in [0.25, 0.3) is 5.91 Å². The first-order valence-corrected chi connectivity index (χ1v) is 9.12. The standard InChI is InChI=1S/C21H27N3O/c1-17-7-3-4-8-18(17)15-23(2)16-21(25)22-19-9-11-20(12-10-19)24-13-5-6-14-24/h3-4,7-12H,5-6,13-16H2,1-2H3,(H,22,25)/p+1. The van der Waals surface area contributed by atoms with E-state index in [1.807, 2.05) is 18.2 Å². The Bertz CT molecular complexity index is 705. The van der Waals surface area contributed by atoms with E-state index in [1.165, 1.54) is 34.6 Å². The Kier molecular flexibility index (Phi) is 5.71. The van der Waals surface area contributed by atoms with Crippen molar-refractivity contribution in [2.75, 3.05) is 36.9 Å². The smallest absolute Gasteiger partial charge is 0.279 e. The van der Waals surface area contributed by atoms with Crippen LogP contribution in [0.25, 0.3) is 0 Å². The van der Waals surface area contributed by atoms with Crippen molar-refractivity contribution in [2.45, 2.75) is 26.3 Å². The van der Waals surface area contributed by atoms with Gasteiger partial charge in [-0.25, -0.2) is 0 Å². The second kappa shape index (κ2) is 8.17. The zero-order valence-electron chi connectivity index (χ0n) is 15.2. The van der Waals surface area contributed by atoms with Gasteiger partial charge in [-0.15, -0.1) is 0 Å². The Morgan fingerprint density at radius 1 is 1.08 bits per heavy atom. The maximum absolute atomic E-state index is 12.3. The number of hydrogen-bond acceptors (Lipinski definition) is 2. The molecule has 0 radical (unpaired) electrons. The van der Waals surface area contributed by atoms with E-state index < -0.39 is 0 Å². The zero-order valence-corrected chi connectivity index (χ0v) is 15.2. The molecule has 0 spiro atoms. The van der Waals surface area contributed by atoms with Crippen molar-refractivity contribution in [3.63, 3.8) is 0 Å². The summed E-state index contributed by atoms with van der Waals surface area (Å²) in [5, 5.41) is 3.01. The first-order chi connectivity index (χ1) is 12.1. The number of rotatable bonds is 6. The molecule has 1 fully saturated rings. The maximum atomic E-state index is 12.3. The number of anilines is 2. The van der Waals surface area contributed by atoms with Gasteiger partial charge in [0, 0.05) is 30.0 Å². The number of aryl methyl sites for hydroxylation is 1. The van der Waals surface area contributed by atoms with Gasteiger partial charge < -0.3 is 15.1 Å². The number of carbonyl (C=O) groups excluding carboxylic acids is 1. The number of benzene rings is 2. The van der Waals surface area contributed by atoms with E-state index in [0.717, 1.165) is 25.3 Å². The molecule has 2 N–H and O–H groups in total. The number of quaternary nitrogens is 1.